The molecule has 1 fully saturated rings. The van der Waals surface area contributed by atoms with Gasteiger partial charge in [-0.2, -0.15) is 4.31 Å². The van der Waals surface area contributed by atoms with Gasteiger partial charge in [0.15, 0.2) is 0 Å². The first-order chi connectivity index (χ1) is 8.38. The van der Waals surface area contributed by atoms with Crippen LogP contribution in [-0.4, -0.2) is 49.6 Å². The van der Waals surface area contributed by atoms with E-state index in [0.29, 0.717) is 19.6 Å². The molecule has 1 saturated heterocycles. The average Bonchev–Trinajstić information content (AvgIpc) is 2.27. The summed E-state index contributed by atoms with van der Waals surface area (Å²) in [5, 5.41) is 0. The zero-order valence-electron chi connectivity index (χ0n) is 11.0. The molecule has 5 nitrogen and oxygen atoms in total. The van der Waals surface area contributed by atoms with Gasteiger partial charge in [0.2, 0.25) is 10.0 Å². The van der Waals surface area contributed by atoms with Crippen LogP contribution in [0, 0.1) is 6.92 Å². The summed E-state index contributed by atoms with van der Waals surface area (Å²) in [6.07, 6.45) is 1.27. The highest BCUT2D eigenvalue weighted by molar-refractivity contribution is 7.88. The Hall–Kier alpha value is -1.14. The maximum atomic E-state index is 11.6. The van der Waals surface area contributed by atoms with Crippen molar-refractivity contribution in [1.29, 1.82) is 0 Å². The van der Waals surface area contributed by atoms with E-state index in [9.17, 15) is 8.42 Å². The summed E-state index contributed by atoms with van der Waals surface area (Å²) < 4.78 is 24.7. The summed E-state index contributed by atoms with van der Waals surface area (Å²) in [7, 11) is -3.10. The molecule has 0 saturated carbocycles. The van der Waals surface area contributed by atoms with Crippen LogP contribution in [0.2, 0.25) is 0 Å². The van der Waals surface area contributed by atoms with Crippen molar-refractivity contribution in [2.75, 3.05) is 30.8 Å². The minimum absolute atomic E-state index is 0.0175. The van der Waals surface area contributed by atoms with E-state index in [1.807, 2.05) is 32.0 Å². The Labute approximate surface area is 108 Å². The molecular formula is C12H19N3O2S. The van der Waals surface area contributed by atoms with Crippen LogP contribution in [0.3, 0.4) is 0 Å². The maximum Gasteiger partial charge on any atom is 0.211 e. The Morgan fingerprint density at radius 3 is 2.61 bits per heavy atom. The molecule has 0 bridgehead atoms. The van der Waals surface area contributed by atoms with Crippen molar-refractivity contribution in [3.8, 4) is 0 Å². The van der Waals surface area contributed by atoms with Gasteiger partial charge in [-0.05, 0) is 26.0 Å². The van der Waals surface area contributed by atoms with Crippen LogP contribution in [0.15, 0.2) is 18.2 Å². The van der Waals surface area contributed by atoms with Gasteiger partial charge in [-0.15, -0.1) is 0 Å². The van der Waals surface area contributed by atoms with E-state index in [1.54, 1.807) is 4.31 Å². The number of rotatable bonds is 2. The zero-order chi connectivity index (χ0) is 13.3. The molecule has 1 aliphatic rings. The SMILES string of the molecule is Cc1cccc(N2CCN(S(C)(=O)=O)[C@@H](C)C2)n1. The summed E-state index contributed by atoms with van der Waals surface area (Å²) in [6.45, 7) is 5.79. The zero-order valence-corrected chi connectivity index (χ0v) is 11.8. The summed E-state index contributed by atoms with van der Waals surface area (Å²) in [5.41, 5.74) is 0.977. The fourth-order valence-corrected chi connectivity index (χ4v) is 3.48. The fraction of sp³-hybridized carbons (Fsp3) is 0.583. The van der Waals surface area contributed by atoms with Gasteiger partial charge >= 0.3 is 0 Å². The number of sulfonamides is 1. The highest BCUT2D eigenvalue weighted by atomic mass is 32.2. The van der Waals surface area contributed by atoms with Gasteiger partial charge in [0.1, 0.15) is 5.82 Å². The van der Waals surface area contributed by atoms with Gasteiger partial charge in [0, 0.05) is 31.4 Å². The predicted molar refractivity (Wildman–Crippen MR) is 72.2 cm³/mol. The average molecular weight is 269 g/mol. The third kappa shape index (κ3) is 2.81. The second-order valence-corrected chi connectivity index (χ2v) is 6.74. The molecule has 0 unspecified atom stereocenters. The van der Waals surface area contributed by atoms with Crippen LogP contribution >= 0.6 is 0 Å². The number of piperazine rings is 1. The third-order valence-electron chi connectivity index (χ3n) is 3.19. The molecule has 0 radical (unpaired) electrons. The molecule has 2 heterocycles. The Morgan fingerprint density at radius 2 is 2.06 bits per heavy atom. The first kappa shape index (κ1) is 13.3. The van der Waals surface area contributed by atoms with E-state index in [4.69, 9.17) is 0 Å². The second-order valence-electron chi connectivity index (χ2n) is 4.81. The molecule has 1 aromatic rings. The summed E-state index contributed by atoms with van der Waals surface area (Å²) in [6, 6.07) is 5.89. The molecule has 1 aromatic heterocycles. The highest BCUT2D eigenvalue weighted by Gasteiger charge is 2.30. The molecule has 18 heavy (non-hydrogen) atoms. The minimum Gasteiger partial charge on any atom is -0.354 e. The predicted octanol–water partition coefficient (Wildman–Crippen LogP) is 0.860. The summed E-state index contributed by atoms with van der Waals surface area (Å²) >= 11 is 0. The molecule has 1 aliphatic heterocycles. The van der Waals surface area contributed by atoms with Gasteiger partial charge in [-0.25, -0.2) is 13.4 Å². The second kappa shape index (κ2) is 4.85. The van der Waals surface area contributed by atoms with E-state index < -0.39 is 10.0 Å². The lowest BCUT2D eigenvalue weighted by Gasteiger charge is -2.38. The van der Waals surface area contributed by atoms with Crippen molar-refractivity contribution in [2.24, 2.45) is 0 Å². The molecule has 0 amide bonds. The van der Waals surface area contributed by atoms with Crippen LogP contribution in [0.1, 0.15) is 12.6 Å². The lowest BCUT2D eigenvalue weighted by molar-refractivity contribution is 0.308. The van der Waals surface area contributed by atoms with Gasteiger partial charge in [0.25, 0.3) is 0 Å². The number of hydrogen-bond donors (Lipinski definition) is 0. The van der Waals surface area contributed by atoms with Gasteiger partial charge in [0.05, 0.1) is 6.26 Å². The van der Waals surface area contributed by atoms with Gasteiger partial charge < -0.3 is 4.90 Å². The van der Waals surface area contributed by atoms with Gasteiger partial charge in [-0.1, -0.05) is 6.07 Å². The normalized spacial score (nSPS) is 22.2. The molecular weight excluding hydrogens is 250 g/mol. The van der Waals surface area contributed by atoms with Crippen LogP contribution in [0.25, 0.3) is 0 Å². The summed E-state index contributed by atoms with van der Waals surface area (Å²) in [5.74, 6) is 0.926. The lowest BCUT2D eigenvalue weighted by atomic mass is 10.2. The number of aryl methyl sites for hydroxylation is 1. The Morgan fingerprint density at radius 1 is 1.33 bits per heavy atom. The maximum absolute atomic E-state index is 11.6. The van der Waals surface area contributed by atoms with Crippen molar-refractivity contribution in [3.63, 3.8) is 0 Å². The smallest absolute Gasteiger partial charge is 0.211 e. The Bertz CT molecular complexity index is 530. The van der Waals surface area contributed by atoms with Crippen molar-refractivity contribution < 1.29 is 8.42 Å². The number of pyridine rings is 1. The van der Waals surface area contributed by atoms with Crippen LogP contribution in [-0.2, 0) is 10.0 Å². The van der Waals surface area contributed by atoms with E-state index in [0.717, 1.165) is 11.5 Å². The molecule has 2 rings (SSSR count). The Balaban J connectivity index is 2.13. The van der Waals surface area contributed by atoms with Gasteiger partial charge in [-0.3, -0.25) is 0 Å². The largest absolute Gasteiger partial charge is 0.354 e. The summed E-state index contributed by atoms with van der Waals surface area (Å²) in [4.78, 5) is 6.61. The molecule has 6 heteroatoms. The fourth-order valence-electron chi connectivity index (χ4n) is 2.35. The van der Waals surface area contributed by atoms with Crippen molar-refractivity contribution in [1.82, 2.24) is 9.29 Å². The Kier molecular flexibility index (Phi) is 3.59. The molecule has 100 valence electrons. The van der Waals surface area contributed by atoms with Crippen LogP contribution in [0.5, 0.6) is 0 Å². The molecule has 0 aliphatic carbocycles. The van der Waals surface area contributed by atoms with E-state index in [1.165, 1.54) is 6.26 Å². The van der Waals surface area contributed by atoms with E-state index in [2.05, 4.69) is 9.88 Å². The van der Waals surface area contributed by atoms with E-state index >= 15 is 0 Å². The first-order valence-corrected chi connectivity index (χ1v) is 7.88. The van der Waals surface area contributed by atoms with Crippen molar-refractivity contribution in [2.45, 2.75) is 19.9 Å². The van der Waals surface area contributed by atoms with Crippen LogP contribution in [0.4, 0.5) is 5.82 Å². The standard InChI is InChI=1S/C12H19N3O2S/c1-10-5-4-6-12(13-10)14-7-8-15(11(2)9-14)18(3,16)17/h4-6,11H,7-9H2,1-3H3/t11-/m0/s1. The molecule has 0 aromatic carbocycles. The lowest BCUT2D eigenvalue weighted by Crippen LogP contribution is -2.53. The molecule has 0 N–H and O–H groups in total. The first-order valence-electron chi connectivity index (χ1n) is 6.03. The third-order valence-corrected chi connectivity index (χ3v) is 4.58. The number of anilines is 1. The number of nitrogens with zero attached hydrogens (tertiary/aromatic N) is 3. The molecule has 0 spiro atoms. The molecule has 1 atom stereocenters. The quantitative estimate of drug-likeness (QED) is 0.799. The van der Waals surface area contributed by atoms with E-state index in [-0.39, 0.29) is 6.04 Å². The van der Waals surface area contributed by atoms with Crippen molar-refractivity contribution in [3.05, 3.63) is 23.9 Å². The number of hydrogen-bond acceptors (Lipinski definition) is 4. The monoisotopic (exact) mass is 269 g/mol. The number of aromatic nitrogens is 1. The topological polar surface area (TPSA) is 53.5 Å². The van der Waals surface area contributed by atoms with Crippen LogP contribution < -0.4 is 4.90 Å². The van der Waals surface area contributed by atoms with Crippen molar-refractivity contribution >= 4 is 15.8 Å². The minimum atomic E-state index is -3.10. The highest BCUT2D eigenvalue weighted by Crippen LogP contribution is 2.18.